The Morgan fingerprint density at radius 2 is 2.29 bits per heavy atom. The topological polar surface area (TPSA) is 61.4 Å². The molecule has 0 aliphatic carbocycles. The number of hydrogen-bond donors (Lipinski definition) is 2. The lowest BCUT2D eigenvalue weighted by Gasteiger charge is -2.32. The zero-order chi connectivity index (χ0) is 12.7. The largest absolute Gasteiger partial charge is 0.356 e. The van der Waals surface area contributed by atoms with Gasteiger partial charge in [0.1, 0.15) is 0 Å². The minimum Gasteiger partial charge on any atom is -0.356 e. The molecule has 1 saturated heterocycles. The molecule has 1 unspecified atom stereocenters. The number of nitrogens with one attached hydrogen (secondary N) is 2. The second-order valence-electron chi connectivity index (χ2n) is 4.33. The van der Waals surface area contributed by atoms with Gasteiger partial charge in [0.25, 0.3) is 0 Å². The summed E-state index contributed by atoms with van der Waals surface area (Å²) in [7, 11) is 0. The zero-order valence-electron chi connectivity index (χ0n) is 10.8. The van der Waals surface area contributed by atoms with E-state index >= 15 is 0 Å². The van der Waals surface area contributed by atoms with Crippen LogP contribution < -0.4 is 10.6 Å². The second-order valence-corrected chi connectivity index (χ2v) is 4.33. The summed E-state index contributed by atoms with van der Waals surface area (Å²) in [6, 6.07) is -0.342. The van der Waals surface area contributed by atoms with Gasteiger partial charge >= 0.3 is 0 Å². The average molecular weight is 241 g/mol. The van der Waals surface area contributed by atoms with Gasteiger partial charge in [-0.05, 0) is 13.3 Å². The van der Waals surface area contributed by atoms with Crippen molar-refractivity contribution < 1.29 is 9.59 Å². The highest BCUT2D eigenvalue weighted by atomic mass is 16.2. The van der Waals surface area contributed by atoms with Gasteiger partial charge in [-0.15, -0.1) is 0 Å². The number of unbranched alkanes of at least 4 members (excludes halogenated alkanes) is 1. The summed E-state index contributed by atoms with van der Waals surface area (Å²) >= 11 is 0. The van der Waals surface area contributed by atoms with Crippen molar-refractivity contribution in [3.05, 3.63) is 0 Å². The molecule has 5 nitrogen and oxygen atoms in total. The molecule has 0 saturated carbocycles. The van der Waals surface area contributed by atoms with Crippen LogP contribution in [-0.2, 0) is 9.59 Å². The first kappa shape index (κ1) is 14.0. The van der Waals surface area contributed by atoms with Crippen LogP contribution in [0.4, 0.5) is 0 Å². The fourth-order valence-electron chi connectivity index (χ4n) is 1.93. The average Bonchev–Trinajstić information content (AvgIpc) is 2.32. The van der Waals surface area contributed by atoms with Gasteiger partial charge in [0.05, 0.1) is 12.5 Å². The Balaban J connectivity index is 2.34. The molecule has 1 heterocycles. The van der Waals surface area contributed by atoms with Crippen LogP contribution in [0.3, 0.4) is 0 Å². The van der Waals surface area contributed by atoms with Crippen molar-refractivity contribution in [2.45, 2.75) is 39.2 Å². The third-order valence-corrected chi connectivity index (χ3v) is 3.01. The van der Waals surface area contributed by atoms with E-state index in [1.807, 2.05) is 6.92 Å². The summed E-state index contributed by atoms with van der Waals surface area (Å²) in [4.78, 5) is 25.3. The predicted molar refractivity (Wildman–Crippen MR) is 66.6 cm³/mol. The lowest BCUT2D eigenvalue weighted by atomic mass is 10.1. The van der Waals surface area contributed by atoms with E-state index < -0.39 is 0 Å². The van der Waals surface area contributed by atoms with Gasteiger partial charge in [0.15, 0.2) is 0 Å². The summed E-state index contributed by atoms with van der Waals surface area (Å²) in [6.45, 7) is 6.97. The first-order valence-corrected chi connectivity index (χ1v) is 6.47. The monoisotopic (exact) mass is 241 g/mol. The van der Waals surface area contributed by atoms with Crippen molar-refractivity contribution in [2.24, 2.45) is 0 Å². The molecule has 0 aromatic heterocycles. The number of rotatable bonds is 6. The van der Waals surface area contributed by atoms with Crippen molar-refractivity contribution in [3.8, 4) is 0 Å². The maximum atomic E-state index is 11.9. The molecule has 1 aliphatic rings. The molecule has 1 aliphatic heterocycles. The molecular weight excluding hydrogens is 218 g/mol. The molecule has 0 aromatic carbocycles. The van der Waals surface area contributed by atoms with Crippen LogP contribution >= 0.6 is 0 Å². The molecule has 5 heteroatoms. The quantitative estimate of drug-likeness (QED) is 0.649. The van der Waals surface area contributed by atoms with E-state index in [1.54, 1.807) is 4.90 Å². The minimum atomic E-state index is -0.342. The summed E-state index contributed by atoms with van der Waals surface area (Å²) in [5, 5.41) is 5.94. The Kier molecular flexibility index (Phi) is 5.97. The van der Waals surface area contributed by atoms with Crippen molar-refractivity contribution in [3.63, 3.8) is 0 Å². The number of likely N-dealkylation sites (N-methyl/N-ethyl adjacent to an activating group) is 1. The minimum absolute atomic E-state index is 0.0396. The van der Waals surface area contributed by atoms with Gasteiger partial charge in [-0.1, -0.05) is 13.3 Å². The molecule has 0 aromatic rings. The van der Waals surface area contributed by atoms with Crippen LogP contribution in [0.25, 0.3) is 0 Å². The molecule has 0 spiro atoms. The van der Waals surface area contributed by atoms with Gasteiger partial charge in [-0.25, -0.2) is 0 Å². The molecule has 1 fully saturated rings. The Morgan fingerprint density at radius 1 is 1.53 bits per heavy atom. The van der Waals surface area contributed by atoms with Crippen molar-refractivity contribution in [2.75, 3.05) is 26.2 Å². The highest BCUT2D eigenvalue weighted by Crippen LogP contribution is 2.04. The molecule has 0 radical (unpaired) electrons. The van der Waals surface area contributed by atoms with Gasteiger partial charge in [0.2, 0.25) is 11.8 Å². The standard InChI is InChI=1S/C12H23N3O2/c1-3-5-6-14-11(16)9-10-12(17)15(4-2)8-7-13-10/h10,13H,3-9H2,1-2H3,(H,14,16). The molecular formula is C12H23N3O2. The summed E-state index contributed by atoms with van der Waals surface area (Å²) in [5.41, 5.74) is 0. The lowest BCUT2D eigenvalue weighted by Crippen LogP contribution is -2.56. The normalized spacial score (nSPS) is 20.5. The first-order valence-electron chi connectivity index (χ1n) is 6.47. The fourth-order valence-corrected chi connectivity index (χ4v) is 1.93. The van der Waals surface area contributed by atoms with Crippen LogP contribution in [0, 0.1) is 0 Å². The number of carbonyl (C=O) groups excluding carboxylic acids is 2. The Labute approximate surface area is 103 Å². The second kappa shape index (κ2) is 7.27. The smallest absolute Gasteiger partial charge is 0.240 e. The first-order chi connectivity index (χ1) is 8.19. The van der Waals surface area contributed by atoms with E-state index in [9.17, 15) is 9.59 Å². The van der Waals surface area contributed by atoms with Crippen LogP contribution in [-0.4, -0.2) is 48.9 Å². The molecule has 2 N–H and O–H groups in total. The summed E-state index contributed by atoms with van der Waals surface area (Å²) < 4.78 is 0. The fraction of sp³-hybridized carbons (Fsp3) is 0.833. The van der Waals surface area contributed by atoms with E-state index in [1.165, 1.54) is 0 Å². The van der Waals surface area contributed by atoms with Gasteiger partial charge in [-0.3, -0.25) is 9.59 Å². The lowest BCUT2D eigenvalue weighted by molar-refractivity contribution is -0.138. The van der Waals surface area contributed by atoms with E-state index in [-0.39, 0.29) is 24.3 Å². The molecule has 0 bridgehead atoms. The van der Waals surface area contributed by atoms with Crippen LogP contribution in [0.5, 0.6) is 0 Å². The number of piperazine rings is 1. The van der Waals surface area contributed by atoms with Crippen LogP contribution in [0.2, 0.25) is 0 Å². The summed E-state index contributed by atoms with van der Waals surface area (Å²) in [6.07, 6.45) is 2.29. The van der Waals surface area contributed by atoms with Gasteiger partial charge in [-0.2, -0.15) is 0 Å². The van der Waals surface area contributed by atoms with Gasteiger partial charge < -0.3 is 15.5 Å². The maximum absolute atomic E-state index is 11.9. The molecule has 98 valence electrons. The number of carbonyl (C=O) groups is 2. The van der Waals surface area contributed by atoms with E-state index in [4.69, 9.17) is 0 Å². The van der Waals surface area contributed by atoms with Crippen molar-refractivity contribution in [1.29, 1.82) is 0 Å². The van der Waals surface area contributed by atoms with Crippen LogP contribution in [0.15, 0.2) is 0 Å². The Morgan fingerprint density at radius 3 is 2.94 bits per heavy atom. The van der Waals surface area contributed by atoms with Crippen LogP contribution in [0.1, 0.15) is 33.1 Å². The Hall–Kier alpha value is -1.10. The number of nitrogens with zero attached hydrogens (tertiary/aromatic N) is 1. The number of amides is 2. The molecule has 1 atom stereocenters. The Bertz CT molecular complexity index is 268. The van der Waals surface area contributed by atoms with Crippen molar-refractivity contribution >= 4 is 11.8 Å². The maximum Gasteiger partial charge on any atom is 0.240 e. The van der Waals surface area contributed by atoms with E-state index in [0.29, 0.717) is 13.1 Å². The van der Waals surface area contributed by atoms with E-state index in [0.717, 1.165) is 25.9 Å². The highest BCUT2D eigenvalue weighted by Gasteiger charge is 2.28. The predicted octanol–water partition coefficient (Wildman–Crippen LogP) is 0.113. The van der Waals surface area contributed by atoms with Crippen molar-refractivity contribution in [1.82, 2.24) is 15.5 Å². The molecule has 2 amide bonds. The third kappa shape index (κ3) is 4.34. The van der Waals surface area contributed by atoms with E-state index in [2.05, 4.69) is 17.6 Å². The molecule has 1 rings (SSSR count). The third-order valence-electron chi connectivity index (χ3n) is 3.01. The molecule has 17 heavy (non-hydrogen) atoms. The highest BCUT2D eigenvalue weighted by molar-refractivity contribution is 5.88. The van der Waals surface area contributed by atoms with Gasteiger partial charge in [0, 0.05) is 26.2 Å². The summed E-state index contributed by atoms with van der Waals surface area (Å²) in [5.74, 6) is 0.00615. The SMILES string of the molecule is CCCCNC(=O)CC1NCCN(CC)C1=O. The number of hydrogen-bond acceptors (Lipinski definition) is 3. The zero-order valence-corrected chi connectivity index (χ0v) is 10.8.